The Kier molecular flexibility index (Phi) is 2.29. The highest BCUT2D eigenvalue weighted by Crippen LogP contribution is 2.15. The Labute approximate surface area is 70.6 Å². The molecule has 0 fully saturated rings. The van der Waals surface area contributed by atoms with Crippen molar-refractivity contribution in [2.75, 3.05) is 5.73 Å². The summed E-state index contributed by atoms with van der Waals surface area (Å²) in [6.45, 7) is 3.88. The van der Waals surface area contributed by atoms with Gasteiger partial charge in [0.15, 0.2) is 11.0 Å². The number of rotatable bonds is 1. The fourth-order valence-electron chi connectivity index (χ4n) is 0.883. The zero-order valence-electron chi connectivity index (χ0n) is 6.56. The number of hydrogen-bond donors (Lipinski definition) is 1. The molecule has 0 aromatic carbocycles. The highest BCUT2D eigenvalue weighted by Gasteiger charge is 2.03. The normalized spacial score (nSPS) is 10.1. The molecule has 0 aliphatic heterocycles. The molecule has 0 bridgehead atoms. The topological polar surface area (TPSA) is 51.8 Å². The molecule has 0 spiro atoms. The van der Waals surface area contributed by atoms with Crippen LogP contribution in [0.5, 0.6) is 0 Å². The molecule has 0 radical (unpaired) electrons. The van der Waals surface area contributed by atoms with Gasteiger partial charge in [-0.25, -0.2) is 9.97 Å². The number of nitrogens with zero attached hydrogens (tertiary/aromatic N) is 2. The van der Waals surface area contributed by atoms with Crippen molar-refractivity contribution in [1.82, 2.24) is 9.97 Å². The van der Waals surface area contributed by atoms with Crippen LogP contribution in [0.2, 0.25) is 5.15 Å². The molecule has 0 saturated carbocycles. The molecular formula is C7H10ClN3. The molecule has 60 valence electrons. The Morgan fingerprint density at radius 1 is 1.45 bits per heavy atom. The first-order chi connectivity index (χ1) is 5.15. The summed E-state index contributed by atoms with van der Waals surface area (Å²) >= 11 is 5.67. The fraction of sp³-hybridized carbons (Fsp3) is 0.429. The summed E-state index contributed by atoms with van der Waals surface area (Å²) < 4.78 is 0. The first-order valence-corrected chi connectivity index (χ1v) is 3.81. The molecule has 0 aliphatic carbocycles. The Morgan fingerprint density at radius 3 is 2.64 bits per heavy atom. The molecule has 0 unspecified atom stereocenters. The lowest BCUT2D eigenvalue weighted by molar-refractivity contribution is 0.963. The van der Waals surface area contributed by atoms with Gasteiger partial charge in [-0.3, -0.25) is 0 Å². The quantitative estimate of drug-likeness (QED) is 0.698. The summed E-state index contributed by atoms with van der Waals surface area (Å²) in [6, 6.07) is 0. The van der Waals surface area contributed by atoms with Crippen LogP contribution in [0.15, 0.2) is 0 Å². The van der Waals surface area contributed by atoms with Crippen LogP contribution in [0.3, 0.4) is 0 Å². The smallest absolute Gasteiger partial charge is 0.171 e. The van der Waals surface area contributed by atoms with E-state index in [1.54, 1.807) is 0 Å². The summed E-state index contributed by atoms with van der Waals surface area (Å²) in [7, 11) is 0. The minimum atomic E-state index is 0.299. The average Bonchev–Trinajstić information content (AvgIpc) is 1.97. The maximum Gasteiger partial charge on any atom is 0.171 e. The van der Waals surface area contributed by atoms with Crippen LogP contribution in [0.25, 0.3) is 0 Å². The second-order valence-electron chi connectivity index (χ2n) is 2.29. The number of anilines is 1. The van der Waals surface area contributed by atoms with E-state index in [4.69, 9.17) is 17.3 Å². The van der Waals surface area contributed by atoms with Gasteiger partial charge in [-0.1, -0.05) is 18.5 Å². The predicted octanol–water partition coefficient (Wildman–Crippen LogP) is 1.58. The van der Waals surface area contributed by atoms with Crippen molar-refractivity contribution in [2.24, 2.45) is 0 Å². The van der Waals surface area contributed by atoms with Crippen LogP contribution in [0, 0.1) is 6.92 Å². The van der Waals surface area contributed by atoms with E-state index < -0.39 is 0 Å². The van der Waals surface area contributed by atoms with Crippen molar-refractivity contribution in [3.63, 3.8) is 0 Å². The molecule has 1 heterocycles. The van der Waals surface area contributed by atoms with Gasteiger partial charge < -0.3 is 5.73 Å². The van der Waals surface area contributed by atoms with E-state index in [0.717, 1.165) is 17.8 Å². The van der Waals surface area contributed by atoms with Crippen molar-refractivity contribution < 1.29 is 0 Å². The standard InChI is InChI=1S/C7H10ClN3/c1-3-5-4(2)10-7(9)6(8)11-5/h3H2,1-2H3,(H2,9,10). The predicted molar refractivity (Wildman–Crippen MR) is 45.6 cm³/mol. The number of aryl methyl sites for hydroxylation is 2. The third kappa shape index (κ3) is 1.60. The van der Waals surface area contributed by atoms with Crippen LogP contribution < -0.4 is 5.73 Å². The first-order valence-electron chi connectivity index (χ1n) is 3.43. The second kappa shape index (κ2) is 3.05. The van der Waals surface area contributed by atoms with Crippen molar-refractivity contribution in [3.05, 3.63) is 16.5 Å². The molecule has 11 heavy (non-hydrogen) atoms. The van der Waals surface area contributed by atoms with Crippen molar-refractivity contribution in [1.29, 1.82) is 0 Å². The number of aromatic nitrogens is 2. The lowest BCUT2D eigenvalue weighted by Gasteiger charge is -2.02. The van der Waals surface area contributed by atoms with Crippen LogP contribution in [-0.4, -0.2) is 9.97 Å². The fourth-order valence-corrected chi connectivity index (χ4v) is 1.03. The van der Waals surface area contributed by atoms with E-state index in [2.05, 4.69) is 9.97 Å². The summed E-state index contributed by atoms with van der Waals surface area (Å²) in [5.74, 6) is 0.307. The highest BCUT2D eigenvalue weighted by molar-refractivity contribution is 6.31. The van der Waals surface area contributed by atoms with Gasteiger partial charge in [0.1, 0.15) is 0 Å². The number of hydrogen-bond acceptors (Lipinski definition) is 3. The molecule has 3 nitrogen and oxygen atoms in total. The van der Waals surface area contributed by atoms with Crippen LogP contribution >= 0.6 is 11.6 Å². The van der Waals surface area contributed by atoms with Gasteiger partial charge in [0.05, 0.1) is 11.4 Å². The zero-order chi connectivity index (χ0) is 8.43. The maximum absolute atomic E-state index is 5.67. The number of halogens is 1. The SMILES string of the molecule is CCc1nc(Cl)c(N)nc1C. The van der Waals surface area contributed by atoms with Gasteiger partial charge >= 0.3 is 0 Å². The molecule has 1 rings (SSSR count). The van der Waals surface area contributed by atoms with Crippen LogP contribution in [0.4, 0.5) is 5.82 Å². The molecule has 2 N–H and O–H groups in total. The second-order valence-corrected chi connectivity index (χ2v) is 2.64. The van der Waals surface area contributed by atoms with Crippen LogP contribution in [-0.2, 0) is 6.42 Å². The number of nitrogen functional groups attached to an aromatic ring is 1. The lowest BCUT2D eigenvalue weighted by Crippen LogP contribution is -2.01. The Balaban J connectivity index is 3.21. The average molecular weight is 172 g/mol. The van der Waals surface area contributed by atoms with Crippen LogP contribution in [0.1, 0.15) is 18.3 Å². The molecule has 0 aliphatic rings. The van der Waals surface area contributed by atoms with Gasteiger partial charge in [0.2, 0.25) is 0 Å². The van der Waals surface area contributed by atoms with Gasteiger partial charge in [-0.15, -0.1) is 0 Å². The molecule has 4 heteroatoms. The van der Waals surface area contributed by atoms with E-state index in [9.17, 15) is 0 Å². The van der Waals surface area contributed by atoms with Gasteiger partial charge in [-0.2, -0.15) is 0 Å². The summed E-state index contributed by atoms with van der Waals surface area (Å²) in [5.41, 5.74) is 7.20. The van der Waals surface area contributed by atoms with E-state index in [1.165, 1.54) is 0 Å². The van der Waals surface area contributed by atoms with Gasteiger partial charge in [0, 0.05) is 0 Å². The monoisotopic (exact) mass is 171 g/mol. The van der Waals surface area contributed by atoms with E-state index in [0.29, 0.717) is 11.0 Å². The maximum atomic E-state index is 5.67. The van der Waals surface area contributed by atoms with E-state index in [1.807, 2.05) is 13.8 Å². The third-order valence-electron chi connectivity index (χ3n) is 1.49. The van der Waals surface area contributed by atoms with E-state index in [-0.39, 0.29) is 0 Å². The Morgan fingerprint density at radius 2 is 2.09 bits per heavy atom. The number of nitrogens with two attached hydrogens (primary N) is 1. The first kappa shape index (κ1) is 8.27. The molecule has 1 aromatic heterocycles. The van der Waals surface area contributed by atoms with Crippen molar-refractivity contribution >= 4 is 17.4 Å². The summed E-state index contributed by atoms with van der Waals surface area (Å²) in [6.07, 6.45) is 0.832. The van der Waals surface area contributed by atoms with Crippen molar-refractivity contribution in [2.45, 2.75) is 20.3 Å². The lowest BCUT2D eigenvalue weighted by atomic mass is 10.3. The summed E-state index contributed by atoms with van der Waals surface area (Å²) in [5, 5.41) is 0.299. The molecule has 0 atom stereocenters. The van der Waals surface area contributed by atoms with Gasteiger partial charge in [0.25, 0.3) is 0 Å². The molecule has 0 amide bonds. The van der Waals surface area contributed by atoms with Gasteiger partial charge in [-0.05, 0) is 13.3 Å². The summed E-state index contributed by atoms with van der Waals surface area (Å²) in [4.78, 5) is 8.10. The highest BCUT2D eigenvalue weighted by atomic mass is 35.5. The van der Waals surface area contributed by atoms with E-state index >= 15 is 0 Å². The minimum absolute atomic E-state index is 0.299. The Bertz CT molecular complexity index is 273. The molecular weight excluding hydrogens is 162 g/mol. The zero-order valence-corrected chi connectivity index (χ0v) is 7.31. The van der Waals surface area contributed by atoms with Crippen molar-refractivity contribution in [3.8, 4) is 0 Å². The molecule has 1 aromatic rings. The minimum Gasteiger partial charge on any atom is -0.381 e. The third-order valence-corrected chi connectivity index (χ3v) is 1.76. The molecule has 0 saturated heterocycles. The Hall–Kier alpha value is -0.830. The largest absolute Gasteiger partial charge is 0.381 e.